The zero-order valence-corrected chi connectivity index (χ0v) is 64.8. The summed E-state index contributed by atoms with van der Waals surface area (Å²) in [5, 5.41) is 70.6. The summed E-state index contributed by atoms with van der Waals surface area (Å²) in [6.07, 6.45) is -53.0. The van der Waals surface area contributed by atoms with Gasteiger partial charge in [0.05, 0.1) is 39.6 Å². The average molecular weight is 1840 g/mol. The van der Waals surface area contributed by atoms with Crippen LogP contribution in [0.15, 0.2) is 131 Å². The minimum absolute atomic E-state index is 0.431. The third kappa shape index (κ3) is 20.0. The number of nitrogens with zero attached hydrogens (tertiary/aromatic N) is 6. The van der Waals surface area contributed by atoms with Crippen molar-refractivity contribution in [1.82, 2.24) is 57.3 Å². The number of hydrogen-bond donors (Lipinski definition) is 18. The van der Waals surface area contributed by atoms with Crippen LogP contribution in [-0.4, -0.2) is 267 Å². The first-order chi connectivity index (χ1) is 56.2. The van der Waals surface area contributed by atoms with Crippen LogP contribution in [0.1, 0.15) is 37.4 Å². The number of aliphatic hydroxyl groups excluding tert-OH is 6. The third-order valence-electron chi connectivity index (χ3n) is 18.5. The molecule has 660 valence electrons. The van der Waals surface area contributed by atoms with E-state index in [2.05, 4.69) is 0 Å². The van der Waals surface area contributed by atoms with Crippen molar-refractivity contribution in [3.63, 3.8) is 0 Å². The van der Waals surface area contributed by atoms with Gasteiger partial charge >= 0.3 is 81.1 Å². The van der Waals surface area contributed by atoms with Crippen LogP contribution in [0.25, 0.3) is 0 Å². The van der Waals surface area contributed by atoms with Crippen LogP contribution in [0.2, 0.25) is 0 Å². The summed E-state index contributed by atoms with van der Waals surface area (Å²) >= 11 is 0. The molecule has 0 bridgehead atoms. The molecular weight excluding hydrogens is 1770 g/mol. The Hall–Kier alpha value is -7.74. The number of phosphoric acid groups is 6. The standard InChI is InChI=1S/C54H66N12O48P6/c67-25-1-7-61(49(79)55-25)43-31(73)37-19(103-43)13-97-116(87,88)110-38-21(105-44(32(38)74)62-8-2-26(68)56-50(62)80)15-99-118(91,92)112-40-23(107-46(34(40)76)64-10-4-28(70)58-52(64)82)17-101-120(95,96)114-42-24(108-48(36(42)78)66-12-6-30(72)60-54(66)84)18-102-119(93,94)113-41-22(106-47(35(41)77)65-11-5-29(71)59-53(65)83)16-100-117(89,90)111-39-20(14-98-115(85,86)109-37)104-45(33(39)75)63-9-3-27(69)57-51(63)81/h1-12,19-24,31-48,73-78H,13-18H2,(H,85,86)(H,87,88)(H,89,90)(H,91,92)(H,93,94)(H,95,96)(H,55,67,79)(H,56,68,80)(H,57,69,81)(H,58,70,82)(H,59,71,83)(H,60,72,84)/t19-,20-,21-,22+,23+,24-,31-,32-,33+,34-,35-,36+,37-,38-,39-,40+,41+,42-,43+,44+,45-,46+,47+,48-/m1/s1. The molecule has 18 N–H and O–H groups in total. The SMILES string of the molecule is O=c1ccn([C@@H]2O[C@@H]3COP(=O)(O)O[C@@H]4[C@@H](O)[C@@H](n5ccc(=O)[nH]c5=O)O[C@H]4COP(=O)(O)O[C@H]4[C@H](O)[C@H](n5ccc(=O)[nH]c5=O)O[C@@H]4COP(=O)(O)O[C@H]4[C@@H](O)[C@@H](n5ccc(=O)[nH]c5=O)O[C@@H]4COP(=O)(O)O[C@H]4[C@@H](O)[C@@H](n5ccc(=O)[nH]c5=O)O[C@@H]4COP(=O)(O)O[C@@H]4[C@@H](O)[C@@H](n5ccc(=O)[nH]c5=O)O[C@H]4COP(=O)(O)O[C@H]3[C@@H]2O)c(=O)[nH]1. The van der Waals surface area contributed by atoms with Crippen molar-refractivity contribution < 1.29 is 170 Å². The quantitative estimate of drug-likeness (QED) is 0.0689. The van der Waals surface area contributed by atoms with E-state index >= 15 is 0 Å². The van der Waals surface area contributed by atoms with E-state index in [9.17, 15) is 145 Å². The highest BCUT2D eigenvalue weighted by Crippen LogP contribution is 2.58. The second-order valence-electron chi connectivity index (χ2n) is 26.4. The van der Waals surface area contributed by atoms with E-state index < -0.39 is 301 Å². The molecule has 0 amide bonds. The van der Waals surface area contributed by atoms with Crippen molar-refractivity contribution in [2.45, 2.75) is 147 Å². The van der Waals surface area contributed by atoms with Gasteiger partial charge in [-0.25, -0.2) is 56.2 Å². The molecule has 7 fully saturated rings. The molecule has 0 saturated carbocycles. The van der Waals surface area contributed by atoms with E-state index in [0.29, 0.717) is 101 Å². The number of fused-ring (bicyclic) bond motifs is 6. The second kappa shape index (κ2) is 35.1. The molecular formula is C54H66N12O48P6. The number of ether oxygens (including phenoxy) is 6. The number of aliphatic hydroxyl groups is 6. The van der Waals surface area contributed by atoms with Gasteiger partial charge in [0.15, 0.2) is 37.4 Å². The van der Waals surface area contributed by atoms with Gasteiger partial charge in [0.1, 0.15) is 110 Å². The zero-order valence-electron chi connectivity index (χ0n) is 59.5. The van der Waals surface area contributed by atoms with Crippen LogP contribution < -0.4 is 67.5 Å². The summed E-state index contributed by atoms with van der Waals surface area (Å²) in [5.74, 6) is 0. The van der Waals surface area contributed by atoms with Crippen molar-refractivity contribution in [3.8, 4) is 0 Å². The highest BCUT2D eigenvalue weighted by Gasteiger charge is 2.59. The third-order valence-corrected chi connectivity index (χ3v) is 24.5. The monoisotopic (exact) mass is 1840 g/mol. The fourth-order valence-corrected chi connectivity index (χ4v) is 18.9. The fourth-order valence-electron chi connectivity index (χ4n) is 13.2. The van der Waals surface area contributed by atoms with Gasteiger partial charge in [0.2, 0.25) is 0 Å². The summed E-state index contributed by atoms with van der Waals surface area (Å²) in [4.78, 5) is 231. The van der Waals surface area contributed by atoms with Gasteiger partial charge in [0, 0.05) is 73.6 Å². The zero-order chi connectivity index (χ0) is 86.9. The van der Waals surface area contributed by atoms with Gasteiger partial charge in [-0.1, -0.05) is 0 Å². The molecule has 13 rings (SSSR count). The topological polar surface area (TPSA) is 840 Å². The number of aromatic nitrogens is 12. The van der Waals surface area contributed by atoms with E-state index in [-0.39, 0.29) is 0 Å². The maximum absolute atomic E-state index is 14.3. The Kier molecular flexibility index (Phi) is 26.3. The van der Waals surface area contributed by atoms with Crippen molar-refractivity contribution in [1.29, 1.82) is 0 Å². The molecule has 0 aliphatic carbocycles. The molecule has 0 aromatic carbocycles. The van der Waals surface area contributed by atoms with Crippen molar-refractivity contribution in [3.05, 3.63) is 199 Å². The Bertz CT molecular complexity index is 5010. The van der Waals surface area contributed by atoms with Gasteiger partial charge in [-0.05, 0) is 0 Å². The molecule has 7 saturated heterocycles. The summed E-state index contributed by atoms with van der Waals surface area (Å²) in [6.45, 7) is -9.40. The predicted octanol–water partition coefficient (Wildman–Crippen LogP) is -10.1. The molecule has 66 heteroatoms. The number of hydrogen-bond acceptors (Lipinski definition) is 42. The van der Waals surface area contributed by atoms with Crippen molar-refractivity contribution in [2.24, 2.45) is 0 Å². The van der Waals surface area contributed by atoms with E-state index in [4.69, 9.17) is 82.7 Å². The van der Waals surface area contributed by atoms with Gasteiger partial charge in [-0.3, -0.25) is 140 Å². The lowest BCUT2D eigenvalue weighted by Gasteiger charge is -2.27. The summed E-state index contributed by atoms with van der Waals surface area (Å²) in [6, 6.07) is 4.15. The molecule has 6 aromatic heterocycles. The highest BCUT2D eigenvalue weighted by atomic mass is 31.2. The van der Waals surface area contributed by atoms with Gasteiger partial charge in [0.25, 0.3) is 33.4 Å². The maximum atomic E-state index is 14.3. The summed E-state index contributed by atoms with van der Waals surface area (Å²) < 4.78 is 185. The number of H-pyrrole nitrogens is 6. The minimum Gasteiger partial charge on any atom is -0.386 e. The smallest absolute Gasteiger partial charge is 0.386 e. The van der Waals surface area contributed by atoms with Crippen LogP contribution in [0.4, 0.5) is 0 Å². The van der Waals surface area contributed by atoms with Crippen LogP contribution in [-0.2, 0) is 110 Å². The second-order valence-corrected chi connectivity index (χ2v) is 34.9. The van der Waals surface area contributed by atoms with E-state index in [0.717, 1.165) is 0 Å². The Morgan fingerprint density at radius 3 is 0.483 bits per heavy atom. The molecule has 6 aromatic rings. The molecule has 6 unspecified atom stereocenters. The lowest BCUT2D eigenvalue weighted by Crippen LogP contribution is -2.40. The number of aromatic amines is 6. The van der Waals surface area contributed by atoms with Crippen LogP contribution in [0.3, 0.4) is 0 Å². The molecule has 0 spiro atoms. The molecule has 7 aliphatic heterocycles. The lowest BCUT2D eigenvalue weighted by atomic mass is 10.1. The number of nitrogens with one attached hydrogen (secondary N) is 6. The summed E-state index contributed by atoms with van der Waals surface area (Å²) in [7, 11) is -36.6. The van der Waals surface area contributed by atoms with E-state index in [1.165, 1.54) is 0 Å². The molecule has 13 heterocycles. The molecule has 60 nitrogen and oxygen atoms in total. The molecule has 7 aliphatic rings. The minimum atomic E-state index is -6.10. The van der Waals surface area contributed by atoms with Crippen LogP contribution in [0.5, 0.6) is 0 Å². The highest BCUT2D eigenvalue weighted by molar-refractivity contribution is 7.48. The van der Waals surface area contributed by atoms with Crippen molar-refractivity contribution >= 4 is 46.9 Å². The molecule has 120 heavy (non-hydrogen) atoms. The lowest BCUT2D eigenvalue weighted by molar-refractivity contribution is -0.0682. The Labute approximate surface area is 657 Å². The largest absolute Gasteiger partial charge is 0.472 e. The predicted molar refractivity (Wildman–Crippen MR) is 371 cm³/mol. The van der Waals surface area contributed by atoms with E-state index in [1.807, 2.05) is 29.9 Å². The first-order valence-electron chi connectivity index (χ1n) is 34.1. The Morgan fingerprint density at radius 1 is 0.242 bits per heavy atom. The van der Waals surface area contributed by atoms with Gasteiger partial charge in [-0.15, -0.1) is 0 Å². The first-order valence-corrected chi connectivity index (χ1v) is 43.1. The van der Waals surface area contributed by atoms with Gasteiger partial charge < -0.3 is 88.4 Å². The molecule has 30 atom stereocenters. The number of phosphoric ester groups is 6. The van der Waals surface area contributed by atoms with Crippen LogP contribution >= 0.6 is 46.9 Å². The fraction of sp³-hybridized carbons (Fsp3) is 0.556. The van der Waals surface area contributed by atoms with Gasteiger partial charge in [-0.2, -0.15) is 0 Å². The Balaban J connectivity index is 0.856. The Morgan fingerprint density at radius 2 is 0.367 bits per heavy atom. The first kappa shape index (κ1) is 90.0. The maximum Gasteiger partial charge on any atom is 0.472 e. The summed E-state index contributed by atoms with van der Waals surface area (Å²) in [5.41, 5.74) is -14.6. The molecule has 0 radical (unpaired) electrons. The average Bonchev–Trinajstić information content (AvgIpc) is 1.64. The van der Waals surface area contributed by atoms with E-state index in [1.54, 1.807) is 0 Å². The van der Waals surface area contributed by atoms with Crippen molar-refractivity contribution in [2.75, 3.05) is 39.6 Å². The van der Waals surface area contributed by atoms with Crippen LogP contribution in [0, 0.1) is 0 Å². The number of rotatable bonds is 6. The normalized spacial score (nSPS) is 40.5.